The SMILES string of the molecule is CCCCn1c(C(C)NC(=O)c2ccc(OC)cc2)nc2cc(SCCC)ccc21. The van der Waals surface area contributed by atoms with Crippen LogP contribution in [-0.4, -0.2) is 28.3 Å². The second-order valence-corrected chi connectivity index (χ2v) is 8.57. The van der Waals surface area contributed by atoms with E-state index >= 15 is 0 Å². The number of rotatable bonds is 10. The van der Waals surface area contributed by atoms with Crippen molar-refractivity contribution in [3.8, 4) is 5.75 Å². The summed E-state index contributed by atoms with van der Waals surface area (Å²) in [5.74, 6) is 2.62. The van der Waals surface area contributed by atoms with Gasteiger partial charge in [-0.1, -0.05) is 20.3 Å². The summed E-state index contributed by atoms with van der Waals surface area (Å²) in [5.41, 5.74) is 2.73. The van der Waals surface area contributed by atoms with Gasteiger partial charge in [-0.3, -0.25) is 4.79 Å². The Morgan fingerprint density at radius 1 is 1.17 bits per heavy atom. The van der Waals surface area contributed by atoms with Crippen molar-refractivity contribution in [1.82, 2.24) is 14.9 Å². The van der Waals surface area contributed by atoms with Crippen molar-refractivity contribution in [1.29, 1.82) is 0 Å². The number of hydrogen-bond acceptors (Lipinski definition) is 4. The number of nitrogens with zero attached hydrogens (tertiary/aromatic N) is 2. The van der Waals surface area contributed by atoms with Crippen molar-refractivity contribution in [3.63, 3.8) is 0 Å². The Morgan fingerprint density at radius 3 is 2.60 bits per heavy atom. The number of aromatic nitrogens is 2. The molecule has 0 saturated carbocycles. The Balaban J connectivity index is 1.86. The molecule has 1 aromatic heterocycles. The quantitative estimate of drug-likeness (QED) is 0.415. The molecule has 3 rings (SSSR count). The third kappa shape index (κ3) is 5.17. The van der Waals surface area contributed by atoms with Crippen LogP contribution in [0, 0.1) is 0 Å². The molecular formula is C24H31N3O2S. The maximum atomic E-state index is 12.7. The third-order valence-electron chi connectivity index (χ3n) is 5.04. The number of carbonyl (C=O) groups excluding carboxylic acids is 1. The number of benzene rings is 2. The first kappa shape index (κ1) is 22.2. The van der Waals surface area contributed by atoms with Gasteiger partial charge in [-0.25, -0.2) is 4.98 Å². The molecule has 1 N–H and O–H groups in total. The number of thioether (sulfide) groups is 1. The fourth-order valence-corrected chi connectivity index (χ4v) is 4.21. The largest absolute Gasteiger partial charge is 0.497 e. The summed E-state index contributed by atoms with van der Waals surface area (Å²) in [6.07, 6.45) is 3.33. The number of hydrogen-bond donors (Lipinski definition) is 1. The van der Waals surface area contributed by atoms with Gasteiger partial charge in [0.2, 0.25) is 0 Å². The average Bonchev–Trinajstić information content (AvgIpc) is 3.14. The first-order chi connectivity index (χ1) is 14.6. The highest BCUT2D eigenvalue weighted by Crippen LogP contribution is 2.27. The standard InChI is InChI=1S/C24H31N3O2S/c1-5-7-14-27-22-13-12-20(30-15-6-2)16-21(22)26-23(27)17(3)25-24(28)18-8-10-19(29-4)11-9-18/h8-13,16-17H,5-7,14-15H2,1-4H3,(H,25,28). The van der Waals surface area contributed by atoms with Gasteiger partial charge in [0.05, 0.1) is 24.2 Å². The average molecular weight is 426 g/mol. The van der Waals surface area contributed by atoms with Crippen molar-refractivity contribution < 1.29 is 9.53 Å². The first-order valence-corrected chi connectivity index (χ1v) is 11.6. The number of nitrogens with one attached hydrogen (secondary N) is 1. The number of ether oxygens (including phenoxy) is 1. The number of amides is 1. The van der Waals surface area contributed by atoms with Crippen LogP contribution in [0.1, 0.15) is 62.3 Å². The first-order valence-electron chi connectivity index (χ1n) is 10.6. The van der Waals surface area contributed by atoms with Crippen molar-refractivity contribution in [2.24, 2.45) is 0 Å². The summed E-state index contributed by atoms with van der Waals surface area (Å²) in [5, 5.41) is 3.11. The van der Waals surface area contributed by atoms with E-state index in [1.165, 1.54) is 4.90 Å². The molecule has 1 heterocycles. The highest BCUT2D eigenvalue weighted by atomic mass is 32.2. The summed E-state index contributed by atoms with van der Waals surface area (Å²) in [7, 11) is 1.62. The van der Waals surface area contributed by atoms with Crippen molar-refractivity contribution in [3.05, 3.63) is 53.9 Å². The lowest BCUT2D eigenvalue weighted by molar-refractivity contribution is 0.0937. The van der Waals surface area contributed by atoms with Crippen LogP contribution in [0.3, 0.4) is 0 Å². The number of methoxy groups -OCH3 is 1. The van der Waals surface area contributed by atoms with Crippen molar-refractivity contribution in [2.45, 2.75) is 57.5 Å². The fraction of sp³-hybridized carbons (Fsp3) is 0.417. The minimum absolute atomic E-state index is 0.113. The molecule has 2 aromatic carbocycles. The molecule has 1 unspecified atom stereocenters. The number of fused-ring (bicyclic) bond motifs is 1. The number of imidazole rings is 1. The molecule has 160 valence electrons. The van der Waals surface area contributed by atoms with E-state index in [1.54, 1.807) is 31.4 Å². The van der Waals surface area contributed by atoms with E-state index in [1.807, 2.05) is 18.7 Å². The van der Waals surface area contributed by atoms with Gasteiger partial charge in [-0.05, 0) is 68.0 Å². The minimum Gasteiger partial charge on any atom is -0.497 e. The maximum absolute atomic E-state index is 12.7. The van der Waals surface area contributed by atoms with E-state index in [2.05, 4.69) is 41.9 Å². The Kier molecular flexibility index (Phi) is 7.80. The lowest BCUT2D eigenvalue weighted by Gasteiger charge is -2.16. The topological polar surface area (TPSA) is 56.2 Å². The van der Waals surface area contributed by atoms with E-state index in [4.69, 9.17) is 9.72 Å². The lowest BCUT2D eigenvalue weighted by atomic mass is 10.2. The molecule has 5 nitrogen and oxygen atoms in total. The highest BCUT2D eigenvalue weighted by Gasteiger charge is 2.19. The Labute approximate surface area is 183 Å². The van der Waals surface area contributed by atoms with E-state index in [-0.39, 0.29) is 11.9 Å². The van der Waals surface area contributed by atoms with Gasteiger partial charge >= 0.3 is 0 Å². The van der Waals surface area contributed by atoms with Crippen LogP contribution in [0.4, 0.5) is 0 Å². The van der Waals surface area contributed by atoms with Gasteiger partial charge in [-0.15, -0.1) is 11.8 Å². The van der Waals surface area contributed by atoms with Crippen molar-refractivity contribution >= 4 is 28.7 Å². The van der Waals surface area contributed by atoms with E-state index in [9.17, 15) is 4.79 Å². The van der Waals surface area contributed by atoms with Crippen LogP contribution in [0.25, 0.3) is 11.0 Å². The molecule has 0 aliphatic carbocycles. The molecule has 6 heteroatoms. The molecule has 0 aliphatic rings. The van der Waals surface area contributed by atoms with E-state index in [0.717, 1.165) is 54.2 Å². The zero-order valence-corrected chi connectivity index (χ0v) is 19.1. The predicted molar refractivity (Wildman–Crippen MR) is 125 cm³/mol. The Bertz CT molecular complexity index is 982. The van der Waals surface area contributed by atoms with E-state index in [0.29, 0.717) is 5.56 Å². The lowest BCUT2D eigenvalue weighted by Crippen LogP contribution is -2.28. The monoisotopic (exact) mass is 425 g/mol. The molecule has 0 fully saturated rings. The summed E-state index contributed by atoms with van der Waals surface area (Å²) >= 11 is 1.86. The zero-order valence-electron chi connectivity index (χ0n) is 18.3. The minimum atomic E-state index is -0.199. The van der Waals surface area contributed by atoms with Gasteiger partial charge in [0.15, 0.2) is 0 Å². The normalized spacial score (nSPS) is 12.1. The summed E-state index contributed by atoms with van der Waals surface area (Å²) in [4.78, 5) is 18.9. The van der Waals surface area contributed by atoms with Gasteiger partial charge in [0, 0.05) is 17.0 Å². The van der Waals surface area contributed by atoms with Crippen LogP contribution in [-0.2, 0) is 6.54 Å². The smallest absolute Gasteiger partial charge is 0.251 e. The van der Waals surface area contributed by atoms with Gasteiger partial charge in [0.1, 0.15) is 11.6 Å². The molecule has 0 aliphatic heterocycles. The molecular weight excluding hydrogens is 394 g/mol. The third-order valence-corrected chi connectivity index (χ3v) is 6.24. The van der Waals surface area contributed by atoms with Gasteiger partial charge < -0.3 is 14.6 Å². The fourth-order valence-electron chi connectivity index (χ4n) is 3.41. The summed E-state index contributed by atoms with van der Waals surface area (Å²) < 4.78 is 7.43. The van der Waals surface area contributed by atoms with Crippen molar-refractivity contribution in [2.75, 3.05) is 12.9 Å². The zero-order chi connectivity index (χ0) is 21.5. The van der Waals surface area contributed by atoms with Crippen LogP contribution in [0.15, 0.2) is 47.4 Å². The van der Waals surface area contributed by atoms with Crippen LogP contribution in [0.2, 0.25) is 0 Å². The molecule has 1 amide bonds. The second-order valence-electron chi connectivity index (χ2n) is 7.40. The molecule has 3 aromatic rings. The van der Waals surface area contributed by atoms with Crippen LogP contribution < -0.4 is 10.1 Å². The maximum Gasteiger partial charge on any atom is 0.251 e. The number of carbonyl (C=O) groups is 1. The Morgan fingerprint density at radius 2 is 1.93 bits per heavy atom. The van der Waals surface area contributed by atoms with E-state index < -0.39 is 0 Å². The second kappa shape index (κ2) is 10.5. The molecule has 0 bridgehead atoms. The van der Waals surface area contributed by atoms with Crippen LogP contribution >= 0.6 is 11.8 Å². The van der Waals surface area contributed by atoms with Gasteiger partial charge in [0.25, 0.3) is 5.91 Å². The molecule has 0 radical (unpaired) electrons. The Hall–Kier alpha value is -2.47. The molecule has 0 spiro atoms. The van der Waals surface area contributed by atoms with Gasteiger partial charge in [-0.2, -0.15) is 0 Å². The number of unbranched alkanes of at least 4 members (excludes halogenated alkanes) is 1. The highest BCUT2D eigenvalue weighted by molar-refractivity contribution is 7.99. The predicted octanol–water partition coefficient (Wildman–Crippen LogP) is 5.84. The molecule has 30 heavy (non-hydrogen) atoms. The molecule has 1 atom stereocenters. The summed E-state index contributed by atoms with van der Waals surface area (Å²) in [6, 6.07) is 13.5. The molecule has 0 saturated heterocycles. The summed E-state index contributed by atoms with van der Waals surface area (Å²) in [6.45, 7) is 7.27. The number of aryl methyl sites for hydroxylation is 1. The van der Waals surface area contributed by atoms with Crippen LogP contribution in [0.5, 0.6) is 5.75 Å².